The molecule has 2 amide bonds. The third-order valence-electron chi connectivity index (χ3n) is 4.40. The molecule has 0 bridgehead atoms. The van der Waals surface area contributed by atoms with Gasteiger partial charge in [-0.15, -0.1) is 0 Å². The topological polar surface area (TPSA) is 91.2 Å². The van der Waals surface area contributed by atoms with Crippen LogP contribution in [0.4, 0.5) is 15.8 Å². The van der Waals surface area contributed by atoms with Crippen molar-refractivity contribution in [2.45, 2.75) is 6.92 Å². The fourth-order valence-electron chi connectivity index (χ4n) is 2.86. The molecule has 6 nitrogen and oxygen atoms in total. The van der Waals surface area contributed by atoms with Crippen molar-refractivity contribution in [1.29, 1.82) is 5.26 Å². The quantitative estimate of drug-likeness (QED) is 0.365. The van der Waals surface area contributed by atoms with Crippen molar-refractivity contribution in [3.05, 3.63) is 94.3 Å². The minimum absolute atomic E-state index is 0.226. The van der Waals surface area contributed by atoms with E-state index in [1.165, 1.54) is 36.4 Å². The number of carbonyl (C=O) groups excluding carboxylic acids is 2. The minimum Gasteiger partial charge on any atom is -0.483 e. The normalized spacial score (nSPS) is 10.8. The molecule has 0 heterocycles. The van der Waals surface area contributed by atoms with Crippen molar-refractivity contribution in [3.8, 4) is 11.8 Å². The lowest BCUT2D eigenvalue weighted by Gasteiger charge is -2.11. The maximum atomic E-state index is 13.1. The maximum Gasteiger partial charge on any atom is 0.266 e. The highest BCUT2D eigenvalue weighted by atomic mass is 35.5. The molecule has 0 saturated carbocycles. The number of anilines is 2. The van der Waals surface area contributed by atoms with Crippen LogP contribution in [0.5, 0.6) is 5.75 Å². The number of nitrogens with zero attached hydrogens (tertiary/aromatic N) is 1. The maximum absolute atomic E-state index is 13.1. The van der Waals surface area contributed by atoms with Crippen molar-refractivity contribution < 1.29 is 18.7 Å². The van der Waals surface area contributed by atoms with Gasteiger partial charge in [0.15, 0.2) is 6.61 Å². The third-order valence-corrected chi connectivity index (χ3v) is 4.63. The highest BCUT2D eigenvalue weighted by Crippen LogP contribution is 2.26. The molecule has 3 aromatic carbocycles. The smallest absolute Gasteiger partial charge is 0.266 e. The Bertz CT molecular complexity index is 1250. The molecule has 0 aliphatic carbocycles. The number of hydrogen-bond acceptors (Lipinski definition) is 4. The fourth-order valence-corrected chi connectivity index (χ4v) is 3.04. The lowest BCUT2D eigenvalue weighted by Crippen LogP contribution is -2.20. The number of ether oxygens (including phenoxy) is 1. The van der Waals surface area contributed by atoms with Gasteiger partial charge in [-0.1, -0.05) is 23.7 Å². The highest BCUT2D eigenvalue weighted by molar-refractivity contribution is 6.30. The van der Waals surface area contributed by atoms with E-state index in [4.69, 9.17) is 16.3 Å². The van der Waals surface area contributed by atoms with Gasteiger partial charge in [0.2, 0.25) is 0 Å². The number of hydrogen-bond donors (Lipinski definition) is 2. The van der Waals surface area contributed by atoms with E-state index >= 15 is 0 Å². The summed E-state index contributed by atoms with van der Waals surface area (Å²) in [5, 5.41) is 15.1. The van der Waals surface area contributed by atoms with Gasteiger partial charge in [0, 0.05) is 22.0 Å². The van der Waals surface area contributed by atoms with Crippen LogP contribution in [0.3, 0.4) is 0 Å². The molecule has 3 rings (SSSR count). The van der Waals surface area contributed by atoms with Crippen LogP contribution in [-0.2, 0) is 9.59 Å². The van der Waals surface area contributed by atoms with Gasteiger partial charge in [-0.3, -0.25) is 9.59 Å². The Balaban J connectivity index is 1.74. The second-order valence-corrected chi connectivity index (χ2v) is 7.46. The van der Waals surface area contributed by atoms with Crippen LogP contribution in [0, 0.1) is 24.1 Å². The standard InChI is InChI=1S/C25H19ClFN3O3/c1-16-3-2-4-22(11-16)29-24(31)15-33-23-10-5-19(26)13-17(23)12-18(14-28)25(32)30-21-8-6-20(27)7-9-21/h2-13H,15H2,1H3,(H,29,31)(H,30,32)/b18-12+. The Morgan fingerprint density at radius 2 is 1.82 bits per heavy atom. The Kier molecular flexibility index (Phi) is 7.79. The molecule has 0 unspecified atom stereocenters. The molecule has 2 N–H and O–H groups in total. The number of rotatable bonds is 7. The van der Waals surface area contributed by atoms with Crippen LogP contribution < -0.4 is 15.4 Å². The molecule has 0 radical (unpaired) electrons. The number of amides is 2. The first-order valence-corrected chi connectivity index (χ1v) is 10.2. The van der Waals surface area contributed by atoms with Crippen LogP contribution in [0.2, 0.25) is 5.02 Å². The molecule has 3 aromatic rings. The van der Waals surface area contributed by atoms with E-state index in [9.17, 15) is 19.2 Å². The number of aryl methyl sites for hydroxylation is 1. The number of nitriles is 1. The monoisotopic (exact) mass is 463 g/mol. The lowest BCUT2D eigenvalue weighted by atomic mass is 10.1. The van der Waals surface area contributed by atoms with Crippen LogP contribution in [0.15, 0.2) is 72.3 Å². The SMILES string of the molecule is Cc1cccc(NC(=O)COc2ccc(Cl)cc2/C=C(\C#N)C(=O)Nc2ccc(F)cc2)c1. The summed E-state index contributed by atoms with van der Waals surface area (Å²) in [5.41, 5.74) is 2.09. The zero-order chi connectivity index (χ0) is 23.8. The zero-order valence-corrected chi connectivity index (χ0v) is 18.3. The van der Waals surface area contributed by atoms with E-state index in [2.05, 4.69) is 10.6 Å². The molecule has 0 atom stereocenters. The second-order valence-electron chi connectivity index (χ2n) is 7.02. The first kappa shape index (κ1) is 23.5. The number of halogens is 2. The Hall–Kier alpha value is -4.15. The molecule has 0 fully saturated rings. The second kappa shape index (κ2) is 10.9. The number of carbonyl (C=O) groups is 2. The number of benzene rings is 3. The number of nitrogens with one attached hydrogen (secondary N) is 2. The van der Waals surface area contributed by atoms with Crippen molar-refractivity contribution in [2.24, 2.45) is 0 Å². The summed E-state index contributed by atoms with van der Waals surface area (Å²) in [6.07, 6.45) is 1.30. The zero-order valence-electron chi connectivity index (χ0n) is 17.6. The molecule has 0 aliphatic rings. The van der Waals surface area contributed by atoms with Gasteiger partial charge in [0.05, 0.1) is 0 Å². The van der Waals surface area contributed by atoms with Gasteiger partial charge in [-0.2, -0.15) is 5.26 Å². The molecule has 0 aromatic heterocycles. The van der Waals surface area contributed by atoms with E-state index < -0.39 is 11.7 Å². The predicted molar refractivity (Wildman–Crippen MR) is 125 cm³/mol. The third kappa shape index (κ3) is 6.92. The molecule has 0 saturated heterocycles. The van der Waals surface area contributed by atoms with Crippen LogP contribution in [-0.4, -0.2) is 18.4 Å². The van der Waals surface area contributed by atoms with E-state index in [-0.39, 0.29) is 23.8 Å². The molecule has 0 spiro atoms. The van der Waals surface area contributed by atoms with Gasteiger partial charge >= 0.3 is 0 Å². The van der Waals surface area contributed by atoms with Gasteiger partial charge in [-0.05, 0) is 73.2 Å². The van der Waals surface area contributed by atoms with Gasteiger partial charge < -0.3 is 15.4 Å². The summed E-state index contributed by atoms with van der Waals surface area (Å²) in [7, 11) is 0. The van der Waals surface area contributed by atoms with Gasteiger partial charge in [0.1, 0.15) is 23.2 Å². The van der Waals surface area contributed by atoms with Gasteiger partial charge in [-0.25, -0.2) is 4.39 Å². The van der Waals surface area contributed by atoms with E-state index in [1.54, 1.807) is 18.2 Å². The summed E-state index contributed by atoms with van der Waals surface area (Å²) in [6.45, 7) is 1.62. The average molecular weight is 464 g/mol. The molecular weight excluding hydrogens is 445 g/mol. The molecule has 33 heavy (non-hydrogen) atoms. The van der Waals surface area contributed by atoms with E-state index in [1.807, 2.05) is 31.2 Å². The van der Waals surface area contributed by atoms with Crippen molar-refractivity contribution >= 4 is 40.9 Å². The van der Waals surface area contributed by atoms with Crippen LogP contribution >= 0.6 is 11.6 Å². The first-order valence-electron chi connectivity index (χ1n) is 9.81. The molecule has 0 aliphatic heterocycles. The Morgan fingerprint density at radius 1 is 1.06 bits per heavy atom. The summed E-state index contributed by atoms with van der Waals surface area (Å²) < 4.78 is 18.7. The van der Waals surface area contributed by atoms with Crippen LogP contribution in [0.25, 0.3) is 6.08 Å². The van der Waals surface area contributed by atoms with Crippen LogP contribution in [0.1, 0.15) is 11.1 Å². The van der Waals surface area contributed by atoms with Crippen molar-refractivity contribution in [1.82, 2.24) is 0 Å². The average Bonchev–Trinajstić information content (AvgIpc) is 2.78. The van der Waals surface area contributed by atoms with Gasteiger partial charge in [0.25, 0.3) is 11.8 Å². The van der Waals surface area contributed by atoms with Crippen molar-refractivity contribution in [3.63, 3.8) is 0 Å². The predicted octanol–water partition coefficient (Wildman–Crippen LogP) is 5.35. The van der Waals surface area contributed by atoms with Crippen molar-refractivity contribution in [2.75, 3.05) is 17.2 Å². The lowest BCUT2D eigenvalue weighted by molar-refractivity contribution is -0.118. The molecule has 8 heteroatoms. The summed E-state index contributed by atoms with van der Waals surface area (Å²) in [6, 6.07) is 18.9. The summed E-state index contributed by atoms with van der Waals surface area (Å²) in [5.74, 6) is -1.25. The summed E-state index contributed by atoms with van der Waals surface area (Å²) in [4.78, 5) is 24.8. The largest absolute Gasteiger partial charge is 0.483 e. The first-order chi connectivity index (χ1) is 15.8. The van der Waals surface area contributed by atoms with E-state index in [0.717, 1.165) is 5.56 Å². The molecule has 166 valence electrons. The Morgan fingerprint density at radius 3 is 2.52 bits per heavy atom. The minimum atomic E-state index is -0.688. The summed E-state index contributed by atoms with van der Waals surface area (Å²) >= 11 is 6.07. The van der Waals surface area contributed by atoms with E-state index in [0.29, 0.717) is 22.0 Å². The Labute approximate surface area is 195 Å². The highest BCUT2D eigenvalue weighted by Gasteiger charge is 2.13. The molecular formula is C25H19ClFN3O3. The fraction of sp³-hybridized carbons (Fsp3) is 0.0800.